The number of ether oxygens (including phenoxy) is 1. The first-order chi connectivity index (χ1) is 15.0. The van der Waals surface area contributed by atoms with Crippen LogP contribution in [0.5, 0.6) is 5.75 Å². The number of hydrogen-bond acceptors (Lipinski definition) is 7. The standard InChI is InChI=1S/C22H26N4O4S/c1-16-6-9-18(14-20(16)31(27,28)26-12-4-3-5-13-26)23-15-21-24-22(25-30-21)17-7-10-19(29-2)11-8-17/h6-11,14,23H,3-5,12-13,15H2,1-2H3. The van der Waals surface area contributed by atoms with Gasteiger partial charge < -0.3 is 14.6 Å². The molecule has 1 aromatic heterocycles. The van der Waals surface area contributed by atoms with Crippen LogP contribution in [0.1, 0.15) is 30.7 Å². The molecule has 2 heterocycles. The minimum absolute atomic E-state index is 0.287. The van der Waals surface area contributed by atoms with Crippen molar-refractivity contribution in [1.82, 2.24) is 14.4 Å². The van der Waals surface area contributed by atoms with Gasteiger partial charge in [0.25, 0.3) is 0 Å². The number of rotatable bonds is 7. The van der Waals surface area contributed by atoms with Gasteiger partial charge in [0.05, 0.1) is 18.6 Å². The maximum Gasteiger partial charge on any atom is 0.246 e. The average molecular weight is 443 g/mol. The van der Waals surface area contributed by atoms with Crippen LogP contribution in [0.15, 0.2) is 51.9 Å². The summed E-state index contributed by atoms with van der Waals surface area (Å²) in [6, 6.07) is 12.7. The summed E-state index contributed by atoms with van der Waals surface area (Å²) >= 11 is 0. The van der Waals surface area contributed by atoms with Crippen molar-refractivity contribution in [2.45, 2.75) is 37.6 Å². The molecule has 0 radical (unpaired) electrons. The molecule has 31 heavy (non-hydrogen) atoms. The fourth-order valence-electron chi connectivity index (χ4n) is 3.59. The summed E-state index contributed by atoms with van der Waals surface area (Å²) in [5.41, 5.74) is 2.24. The van der Waals surface area contributed by atoms with E-state index in [1.807, 2.05) is 43.3 Å². The number of methoxy groups -OCH3 is 1. The molecule has 4 rings (SSSR count). The Hall–Kier alpha value is -2.91. The molecule has 164 valence electrons. The summed E-state index contributed by atoms with van der Waals surface area (Å²) in [5, 5.41) is 7.20. The Morgan fingerprint density at radius 2 is 1.84 bits per heavy atom. The van der Waals surface area contributed by atoms with Gasteiger partial charge in [0.15, 0.2) is 0 Å². The predicted molar refractivity (Wildman–Crippen MR) is 117 cm³/mol. The molecule has 1 aliphatic rings. The number of benzene rings is 2. The van der Waals surface area contributed by atoms with E-state index in [1.165, 1.54) is 0 Å². The quantitative estimate of drug-likeness (QED) is 0.594. The zero-order chi connectivity index (χ0) is 21.8. The predicted octanol–water partition coefficient (Wildman–Crippen LogP) is 3.84. The molecule has 3 aromatic rings. The Balaban J connectivity index is 1.47. The van der Waals surface area contributed by atoms with E-state index in [4.69, 9.17) is 9.26 Å². The van der Waals surface area contributed by atoms with Crippen molar-refractivity contribution in [1.29, 1.82) is 0 Å². The summed E-state index contributed by atoms with van der Waals surface area (Å²) in [7, 11) is -1.89. The average Bonchev–Trinajstić information content (AvgIpc) is 3.28. The van der Waals surface area contributed by atoms with Crippen LogP contribution in [0.25, 0.3) is 11.4 Å². The van der Waals surface area contributed by atoms with Crippen LogP contribution in [-0.4, -0.2) is 43.1 Å². The number of aromatic nitrogens is 2. The summed E-state index contributed by atoms with van der Waals surface area (Å²) in [5.74, 6) is 1.65. The molecular weight excluding hydrogens is 416 g/mol. The first-order valence-corrected chi connectivity index (χ1v) is 11.7. The van der Waals surface area contributed by atoms with E-state index in [-0.39, 0.29) is 6.54 Å². The number of aryl methyl sites for hydroxylation is 1. The zero-order valence-corrected chi connectivity index (χ0v) is 18.5. The van der Waals surface area contributed by atoms with Crippen molar-refractivity contribution in [2.24, 2.45) is 0 Å². The number of nitrogens with one attached hydrogen (secondary N) is 1. The van der Waals surface area contributed by atoms with Crippen LogP contribution in [0, 0.1) is 6.92 Å². The molecule has 0 saturated carbocycles. The molecule has 0 atom stereocenters. The number of piperidine rings is 1. The molecule has 8 nitrogen and oxygen atoms in total. The van der Waals surface area contributed by atoms with Gasteiger partial charge in [-0.2, -0.15) is 9.29 Å². The van der Waals surface area contributed by atoms with Crippen molar-refractivity contribution in [3.8, 4) is 17.1 Å². The Morgan fingerprint density at radius 1 is 1.10 bits per heavy atom. The first kappa shape index (κ1) is 21.3. The van der Waals surface area contributed by atoms with Gasteiger partial charge in [-0.15, -0.1) is 0 Å². The van der Waals surface area contributed by atoms with Crippen molar-refractivity contribution in [2.75, 3.05) is 25.5 Å². The van der Waals surface area contributed by atoms with Gasteiger partial charge >= 0.3 is 0 Å². The molecule has 0 unspecified atom stereocenters. The van der Waals surface area contributed by atoms with Gasteiger partial charge in [-0.25, -0.2) is 8.42 Å². The fourth-order valence-corrected chi connectivity index (χ4v) is 5.36. The smallest absolute Gasteiger partial charge is 0.246 e. The Bertz CT molecular complexity index is 1140. The van der Waals surface area contributed by atoms with Crippen molar-refractivity contribution in [3.05, 3.63) is 53.9 Å². The van der Waals surface area contributed by atoms with Gasteiger partial charge in [-0.3, -0.25) is 0 Å². The van der Waals surface area contributed by atoms with E-state index in [1.54, 1.807) is 17.5 Å². The molecule has 0 bridgehead atoms. The molecule has 1 aliphatic heterocycles. The molecular formula is C22H26N4O4S. The molecule has 1 N–H and O–H groups in total. The highest BCUT2D eigenvalue weighted by Gasteiger charge is 2.27. The van der Waals surface area contributed by atoms with Crippen LogP contribution in [0.3, 0.4) is 0 Å². The van der Waals surface area contributed by atoms with Crippen LogP contribution < -0.4 is 10.1 Å². The number of nitrogens with zero attached hydrogens (tertiary/aromatic N) is 3. The highest BCUT2D eigenvalue weighted by atomic mass is 32.2. The van der Waals surface area contributed by atoms with E-state index in [9.17, 15) is 8.42 Å². The lowest BCUT2D eigenvalue weighted by atomic mass is 10.2. The molecule has 0 spiro atoms. The molecule has 1 fully saturated rings. The van der Waals surface area contributed by atoms with E-state index >= 15 is 0 Å². The van der Waals surface area contributed by atoms with Crippen molar-refractivity contribution < 1.29 is 17.7 Å². The van der Waals surface area contributed by atoms with Gasteiger partial charge in [0.1, 0.15) is 5.75 Å². The van der Waals surface area contributed by atoms with Crippen LogP contribution >= 0.6 is 0 Å². The van der Waals surface area contributed by atoms with Gasteiger partial charge in [0, 0.05) is 24.3 Å². The zero-order valence-electron chi connectivity index (χ0n) is 17.7. The van der Waals surface area contributed by atoms with E-state index < -0.39 is 10.0 Å². The topological polar surface area (TPSA) is 97.6 Å². The maximum atomic E-state index is 13.1. The second kappa shape index (κ2) is 9.07. The lowest BCUT2D eigenvalue weighted by Crippen LogP contribution is -2.36. The molecule has 2 aromatic carbocycles. The molecule has 9 heteroatoms. The molecule has 0 amide bonds. The SMILES string of the molecule is COc1ccc(-c2noc(CNc3ccc(C)c(S(=O)(=O)N4CCCCC4)c3)n2)cc1. The summed E-state index contributed by atoms with van der Waals surface area (Å²) < 4.78 is 38.3. The summed E-state index contributed by atoms with van der Waals surface area (Å²) in [6.07, 6.45) is 2.89. The number of sulfonamides is 1. The Labute approximate surface area is 182 Å². The van der Waals surface area contributed by atoms with Crippen molar-refractivity contribution >= 4 is 15.7 Å². The first-order valence-electron chi connectivity index (χ1n) is 10.3. The lowest BCUT2D eigenvalue weighted by Gasteiger charge is -2.26. The third-order valence-electron chi connectivity index (χ3n) is 5.38. The Kier molecular flexibility index (Phi) is 6.24. The lowest BCUT2D eigenvalue weighted by molar-refractivity contribution is 0.346. The number of anilines is 1. The molecule has 0 aliphatic carbocycles. The van der Waals surface area contributed by atoms with E-state index in [2.05, 4.69) is 15.5 Å². The third kappa shape index (κ3) is 4.72. The minimum atomic E-state index is -3.50. The number of hydrogen-bond donors (Lipinski definition) is 1. The monoisotopic (exact) mass is 442 g/mol. The van der Waals surface area contributed by atoms with Crippen LogP contribution in [0.2, 0.25) is 0 Å². The highest BCUT2D eigenvalue weighted by Crippen LogP contribution is 2.26. The van der Waals surface area contributed by atoms with Crippen molar-refractivity contribution in [3.63, 3.8) is 0 Å². The second-order valence-electron chi connectivity index (χ2n) is 7.54. The van der Waals surface area contributed by atoms with Gasteiger partial charge in [-0.05, 0) is 61.7 Å². The largest absolute Gasteiger partial charge is 0.497 e. The summed E-state index contributed by atoms with van der Waals surface area (Å²) in [4.78, 5) is 4.74. The van der Waals surface area contributed by atoms with Crippen LogP contribution in [-0.2, 0) is 16.6 Å². The highest BCUT2D eigenvalue weighted by molar-refractivity contribution is 7.89. The van der Waals surface area contributed by atoms with Gasteiger partial charge in [-0.1, -0.05) is 17.6 Å². The second-order valence-corrected chi connectivity index (χ2v) is 9.45. The minimum Gasteiger partial charge on any atom is -0.497 e. The molecule has 1 saturated heterocycles. The third-order valence-corrected chi connectivity index (χ3v) is 7.42. The van der Waals surface area contributed by atoms with E-state index in [0.29, 0.717) is 35.4 Å². The summed E-state index contributed by atoms with van der Waals surface area (Å²) in [6.45, 7) is 3.26. The fraction of sp³-hybridized carbons (Fsp3) is 0.364. The van der Waals surface area contributed by atoms with Gasteiger partial charge in [0.2, 0.25) is 21.7 Å². The Morgan fingerprint density at radius 3 is 2.55 bits per heavy atom. The normalized spacial score (nSPS) is 15.0. The van der Waals surface area contributed by atoms with E-state index in [0.717, 1.165) is 36.1 Å². The van der Waals surface area contributed by atoms with Crippen LogP contribution in [0.4, 0.5) is 5.69 Å². The maximum absolute atomic E-state index is 13.1.